The van der Waals surface area contributed by atoms with Crippen LogP contribution in [0.3, 0.4) is 0 Å². The molecule has 2 aromatic carbocycles. The molecule has 0 bridgehead atoms. The summed E-state index contributed by atoms with van der Waals surface area (Å²) in [5.41, 5.74) is 0.849. The number of nitro groups is 1. The van der Waals surface area contributed by atoms with Crippen LogP contribution in [0.1, 0.15) is 23.2 Å². The molecule has 3 rings (SSSR count). The Bertz CT molecular complexity index is 754. The third kappa shape index (κ3) is 4.33. The monoisotopic (exact) mass is 342 g/mol. The van der Waals surface area contributed by atoms with Crippen LogP contribution < -0.4 is 10.1 Å². The molecule has 1 saturated heterocycles. The second kappa shape index (κ2) is 7.76. The van der Waals surface area contributed by atoms with E-state index >= 15 is 0 Å². The number of benzene rings is 2. The summed E-state index contributed by atoms with van der Waals surface area (Å²) in [5, 5.41) is 13.4. The van der Waals surface area contributed by atoms with Gasteiger partial charge in [-0.3, -0.25) is 14.9 Å². The molecule has 1 aliphatic rings. The van der Waals surface area contributed by atoms with Crippen molar-refractivity contribution in [2.45, 2.75) is 18.9 Å². The number of nitro benzene ring substituents is 1. The number of non-ortho nitro benzene ring substituents is 1. The number of nitrogens with one attached hydrogen (secondary N) is 1. The lowest BCUT2D eigenvalue weighted by Crippen LogP contribution is -2.19. The zero-order chi connectivity index (χ0) is 17.6. The summed E-state index contributed by atoms with van der Waals surface area (Å²) in [6.07, 6.45) is 2.04. The number of carbonyl (C=O) groups is 1. The fourth-order valence-corrected chi connectivity index (χ4v) is 2.60. The summed E-state index contributed by atoms with van der Waals surface area (Å²) >= 11 is 0. The lowest BCUT2D eigenvalue weighted by atomic mass is 10.1. The van der Waals surface area contributed by atoms with Crippen LogP contribution in [0.25, 0.3) is 0 Å². The maximum Gasteiger partial charge on any atom is 0.269 e. The zero-order valence-electron chi connectivity index (χ0n) is 13.5. The van der Waals surface area contributed by atoms with Gasteiger partial charge in [0.15, 0.2) is 0 Å². The minimum Gasteiger partial charge on any atom is -0.490 e. The second-order valence-corrected chi connectivity index (χ2v) is 5.70. The number of anilines is 1. The van der Waals surface area contributed by atoms with Crippen molar-refractivity contribution >= 4 is 17.3 Å². The summed E-state index contributed by atoms with van der Waals surface area (Å²) in [5.74, 6) is 0.147. The number of carbonyl (C=O) groups excluding carboxylic acids is 1. The van der Waals surface area contributed by atoms with E-state index in [9.17, 15) is 14.9 Å². The number of nitrogens with zero attached hydrogens (tertiary/aromatic N) is 1. The lowest BCUT2D eigenvalue weighted by molar-refractivity contribution is -0.384. The predicted molar refractivity (Wildman–Crippen MR) is 92.0 cm³/mol. The first-order valence-corrected chi connectivity index (χ1v) is 8.03. The Morgan fingerprint density at radius 3 is 2.68 bits per heavy atom. The van der Waals surface area contributed by atoms with Gasteiger partial charge in [0.25, 0.3) is 11.6 Å². The molecule has 25 heavy (non-hydrogen) atoms. The molecule has 7 heteroatoms. The molecule has 7 nitrogen and oxygen atoms in total. The topological polar surface area (TPSA) is 90.7 Å². The highest BCUT2D eigenvalue weighted by molar-refractivity contribution is 6.06. The van der Waals surface area contributed by atoms with Gasteiger partial charge in [-0.25, -0.2) is 0 Å². The average Bonchev–Trinajstić information content (AvgIpc) is 3.14. The zero-order valence-corrected chi connectivity index (χ0v) is 13.5. The molecular weight excluding hydrogens is 324 g/mol. The Hall–Kier alpha value is -2.93. The van der Waals surface area contributed by atoms with Gasteiger partial charge < -0.3 is 14.8 Å². The molecule has 2 aromatic rings. The van der Waals surface area contributed by atoms with Crippen LogP contribution in [0.4, 0.5) is 11.4 Å². The minimum absolute atomic E-state index is 0.0294. The van der Waals surface area contributed by atoms with Crippen LogP contribution in [-0.4, -0.2) is 30.1 Å². The van der Waals surface area contributed by atoms with Crippen molar-refractivity contribution in [3.05, 3.63) is 64.2 Å². The Labute approximate surface area is 144 Å². The molecule has 1 amide bonds. The normalized spacial score (nSPS) is 16.4. The standard InChI is InChI=1S/C18H18N2O5/c21-18(19-13-7-9-14(10-8-13)20(22)23)16-5-1-2-6-17(16)25-12-15-4-3-11-24-15/h1-2,5-10,15H,3-4,11-12H2,(H,19,21). The van der Waals surface area contributed by atoms with Gasteiger partial charge in [0.1, 0.15) is 12.4 Å². The Morgan fingerprint density at radius 2 is 2.00 bits per heavy atom. The minimum atomic E-state index is -0.486. The van der Waals surface area contributed by atoms with Gasteiger partial charge >= 0.3 is 0 Å². The molecule has 130 valence electrons. The number of hydrogen-bond acceptors (Lipinski definition) is 5. The van der Waals surface area contributed by atoms with E-state index in [0.29, 0.717) is 23.6 Å². The fourth-order valence-electron chi connectivity index (χ4n) is 2.60. The Kier molecular flexibility index (Phi) is 5.25. The summed E-state index contributed by atoms with van der Waals surface area (Å²) in [7, 11) is 0. The SMILES string of the molecule is O=C(Nc1ccc([N+](=O)[O-])cc1)c1ccccc1OCC1CCCO1. The molecule has 0 aliphatic carbocycles. The van der Waals surface area contributed by atoms with Gasteiger partial charge in [-0.1, -0.05) is 12.1 Å². The molecule has 1 heterocycles. The number of amides is 1. The summed E-state index contributed by atoms with van der Waals surface area (Å²) in [6.45, 7) is 1.15. The van der Waals surface area contributed by atoms with Crippen LogP contribution in [0.5, 0.6) is 5.75 Å². The predicted octanol–water partition coefficient (Wildman–Crippen LogP) is 3.40. The average molecular weight is 342 g/mol. The molecule has 1 atom stereocenters. The maximum absolute atomic E-state index is 12.5. The molecule has 0 radical (unpaired) electrons. The highest BCUT2D eigenvalue weighted by Crippen LogP contribution is 2.22. The number of para-hydroxylation sites is 1. The van der Waals surface area contributed by atoms with Crippen LogP contribution in [0.15, 0.2) is 48.5 Å². The van der Waals surface area contributed by atoms with Crippen molar-refractivity contribution in [3.8, 4) is 5.75 Å². The molecule has 0 aromatic heterocycles. The maximum atomic E-state index is 12.5. The van der Waals surface area contributed by atoms with E-state index in [1.807, 2.05) is 0 Å². The molecule has 1 aliphatic heterocycles. The third-order valence-corrected chi connectivity index (χ3v) is 3.92. The molecule has 0 saturated carbocycles. The Balaban J connectivity index is 1.67. The first-order valence-electron chi connectivity index (χ1n) is 8.03. The smallest absolute Gasteiger partial charge is 0.269 e. The highest BCUT2D eigenvalue weighted by atomic mass is 16.6. The van der Waals surface area contributed by atoms with Crippen molar-refractivity contribution < 1.29 is 19.2 Å². The van der Waals surface area contributed by atoms with Crippen LogP contribution >= 0.6 is 0 Å². The molecule has 1 N–H and O–H groups in total. The fraction of sp³-hybridized carbons (Fsp3) is 0.278. The van der Waals surface area contributed by atoms with E-state index in [1.165, 1.54) is 24.3 Å². The quantitative estimate of drug-likeness (QED) is 0.642. The first-order chi connectivity index (χ1) is 12.1. The van der Waals surface area contributed by atoms with E-state index < -0.39 is 4.92 Å². The molecule has 0 spiro atoms. The van der Waals surface area contributed by atoms with Gasteiger partial charge in [-0.05, 0) is 37.1 Å². The van der Waals surface area contributed by atoms with E-state index in [0.717, 1.165) is 19.4 Å². The number of rotatable bonds is 6. The molecular formula is C18H18N2O5. The van der Waals surface area contributed by atoms with Crippen LogP contribution in [-0.2, 0) is 4.74 Å². The van der Waals surface area contributed by atoms with Gasteiger partial charge in [0, 0.05) is 24.4 Å². The number of ether oxygens (including phenoxy) is 2. The largest absolute Gasteiger partial charge is 0.490 e. The summed E-state index contributed by atoms with van der Waals surface area (Å²) < 4.78 is 11.3. The second-order valence-electron chi connectivity index (χ2n) is 5.70. The van der Waals surface area contributed by atoms with E-state index in [2.05, 4.69) is 5.32 Å². The molecule has 1 fully saturated rings. The van der Waals surface area contributed by atoms with Gasteiger partial charge in [0.05, 0.1) is 16.6 Å². The van der Waals surface area contributed by atoms with Crippen molar-refractivity contribution in [1.29, 1.82) is 0 Å². The van der Waals surface area contributed by atoms with Crippen molar-refractivity contribution in [2.75, 3.05) is 18.5 Å². The van der Waals surface area contributed by atoms with E-state index in [-0.39, 0.29) is 17.7 Å². The lowest BCUT2D eigenvalue weighted by Gasteiger charge is -2.14. The molecule has 1 unspecified atom stereocenters. The van der Waals surface area contributed by atoms with Crippen molar-refractivity contribution in [1.82, 2.24) is 0 Å². The highest BCUT2D eigenvalue weighted by Gasteiger charge is 2.18. The number of hydrogen-bond donors (Lipinski definition) is 1. The van der Waals surface area contributed by atoms with Gasteiger partial charge in [-0.2, -0.15) is 0 Å². The Morgan fingerprint density at radius 1 is 1.24 bits per heavy atom. The van der Waals surface area contributed by atoms with Gasteiger partial charge in [-0.15, -0.1) is 0 Å². The van der Waals surface area contributed by atoms with E-state index in [1.54, 1.807) is 24.3 Å². The van der Waals surface area contributed by atoms with Crippen LogP contribution in [0.2, 0.25) is 0 Å². The van der Waals surface area contributed by atoms with Crippen molar-refractivity contribution in [2.24, 2.45) is 0 Å². The summed E-state index contributed by atoms with van der Waals surface area (Å²) in [4.78, 5) is 22.7. The summed E-state index contributed by atoms with van der Waals surface area (Å²) in [6, 6.07) is 12.6. The first kappa shape index (κ1) is 16.9. The van der Waals surface area contributed by atoms with Crippen LogP contribution in [0, 0.1) is 10.1 Å². The van der Waals surface area contributed by atoms with Crippen molar-refractivity contribution in [3.63, 3.8) is 0 Å². The third-order valence-electron chi connectivity index (χ3n) is 3.92. The van der Waals surface area contributed by atoms with E-state index in [4.69, 9.17) is 9.47 Å². The van der Waals surface area contributed by atoms with Gasteiger partial charge in [0.2, 0.25) is 0 Å².